The number of rotatable bonds is 5. The summed E-state index contributed by atoms with van der Waals surface area (Å²) < 4.78 is 0. The van der Waals surface area contributed by atoms with Crippen LogP contribution in [0.1, 0.15) is 50.5 Å². The number of hydrogen-bond acceptors (Lipinski definition) is 2. The van der Waals surface area contributed by atoms with E-state index in [1.54, 1.807) is 0 Å². The van der Waals surface area contributed by atoms with Crippen LogP contribution in [0.15, 0.2) is 24.3 Å². The number of hydrogen-bond donors (Lipinski definition) is 2. The summed E-state index contributed by atoms with van der Waals surface area (Å²) in [6.07, 6.45) is 7.55. The Bertz CT molecular complexity index is 647. The Kier molecular flexibility index (Phi) is 4.30. The minimum atomic E-state index is -0.124. The zero-order valence-electron chi connectivity index (χ0n) is 15.0. The minimum absolute atomic E-state index is 0.0416. The summed E-state index contributed by atoms with van der Waals surface area (Å²) >= 11 is 0. The third-order valence-corrected chi connectivity index (χ3v) is 6.58. The van der Waals surface area contributed by atoms with Gasteiger partial charge in [-0.05, 0) is 74.8 Å². The Labute approximate surface area is 149 Å². The lowest BCUT2D eigenvalue weighted by molar-refractivity contribution is -0.146. The van der Waals surface area contributed by atoms with Gasteiger partial charge in [0.05, 0.1) is 0 Å². The minimum Gasteiger partial charge on any atom is -0.355 e. The number of nitrogens with one attached hydrogen (secondary N) is 2. The topological polar surface area (TPSA) is 58.2 Å². The second-order valence-corrected chi connectivity index (χ2v) is 8.57. The molecular formula is C21H28N2O2. The van der Waals surface area contributed by atoms with Crippen LogP contribution >= 0.6 is 0 Å². The van der Waals surface area contributed by atoms with E-state index >= 15 is 0 Å². The third-order valence-electron chi connectivity index (χ3n) is 6.58. The van der Waals surface area contributed by atoms with Crippen molar-refractivity contribution in [1.29, 1.82) is 0 Å². The van der Waals surface area contributed by atoms with E-state index in [-0.39, 0.29) is 17.2 Å². The Balaban J connectivity index is 1.28. The molecule has 4 fully saturated rings. The molecule has 0 atom stereocenters. The summed E-state index contributed by atoms with van der Waals surface area (Å²) in [7, 11) is 0. The van der Waals surface area contributed by atoms with Crippen molar-refractivity contribution in [3.63, 3.8) is 0 Å². The standard InChI is InChI=1S/C21H28N2O2/c1-14-4-2-3-5-18(14)23-19(24)6-7-22-20(25)21-11-15-8-16(12-21)10-17(9-15)13-21/h2-5,15-17H,6-13H2,1H3,(H,22,25)(H,23,24). The van der Waals surface area contributed by atoms with Crippen LogP contribution in [0.3, 0.4) is 0 Å². The maximum Gasteiger partial charge on any atom is 0.226 e. The molecule has 2 amide bonds. The Hall–Kier alpha value is -1.84. The largest absolute Gasteiger partial charge is 0.355 e. The lowest BCUT2D eigenvalue weighted by atomic mass is 9.49. The van der Waals surface area contributed by atoms with Crippen molar-refractivity contribution >= 4 is 17.5 Å². The predicted molar refractivity (Wildman–Crippen MR) is 98.0 cm³/mol. The van der Waals surface area contributed by atoms with Gasteiger partial charge in [-0.2, -0.15) is 0 Å². The van der Waals surface area contributed by atoms with E-state index in [4.69, 9.17) is 0 Å². The summed E-state index contributed by atoms with van der Waals surface area (Å²) in [5.41, 5.74) is 1.77. The first-order valence-corrected chi connectivity index (χ1v) is 9.68. The quantitative estimate of drug-likeness (QED) is 0.859. The van der Waals surface area contributed by atoms with Gasteiger partial charge in [0.15, 0.2) is 0 Å². The lowest BCUT2D eigenvalue weighted by Gasteiger charge is -2.55. The molecule has 4 bridgehead atoms. The number of anilines is 1. The van der Waals surface area contributed by atoms with Crippen LogP contribution in [0, 0.1) is 30.1 Å². The molecule has 0 unspecified atom stereocenters. The molecule has 0 heterocycles. The van der Waals surface area contributed by atoms with Crippen LogP contribution in [-0.2, 0) is 9.59 Å². The summed E-state index contributed by atoms with van der Waals surface area (Å²) in [4.78, 5) is 25.0. The summed E-state index contributed by atoms with van der Waals surface area (Å²) in [6.45, 7) is 2.41. The SMILES string of the molecule is Cc1ccccc1NC(=O)CCNC(=O)C12CC3CC(CC(C3)C1)C2. The maximum atomic E-state index is 12.8. The van der Waals surface area contributed by atoms with Gasteiger partial charge < -0.3 is 10.6 Å². The third kappa shape index (κ3) is 3.31. The van der Waals surface area contributed by atoms with Crippen LogP contribution < -0.4 is 10.6 Å². The normalized spacial score (nSPS) is 32.4. The molecule has 4 aliphatic rings. The molecule has 0 radical (unpaired) electrons. The highest BCUT2D eigenvalue weighted by atomic mass is 16.2. The van der Waals surface area contributed by atoms with Crippen molar-refractivity contribution < 1.29 is 9.59 Å². The average Bonchev–Trinajstić information content (AvgIpc) is 2.55. The Morgan fingerprint density at radius 1 is 1.04 bits per heavy atom. The van der Waals surface area contributed by atoms with Gasteiger partial charge in [0.1, 0.15) is 0 Å². The molecule has 25 heavy (non-hydrogen) atoms. The van der Waals surface area contributed by atoms with E-state index in [0.717, 1.165) is 48.3 Å². The van der Waals surface area contributed by atoms with Gasteiger partial charge in [-0.3, -0.25) is 9.59 Å². The fraction of sp³-hybridized carbons (Fsp3) is 0.619. The van der Waals surface area contributed by atoms with E-state index in [1.165, 1.54) is 19.3 Å². The Morgan fingerprint density at radius 2 is 1.64 bits per heavy atom. The molecule has 4 aliphatic carbocycles. The first kappa shape index (κ1) is 16.6. The molecule has 0 spiro atoms. The zero-order valence-corrected chi connectivity index (χ0v) is 15.0. The molecule has 4 heteroatoms. The van der Waals surface area contributed by atoms with Gasteiger partial charge in [0.25, 0.3) is 0 Å². The number of para-hydroxylation sites is 1. The van der Waals surface area contributed by atoms with Crippen LogP contribution in [0.5, 0.6) is 0 Å². The van der Waals surface area contributed by atoms with E-state index in [1.807, 2.05) is 31.2 Å². The average molecular weight is 340 g/mol. The molecule has 1 aromatic rings. The van der Waals surface area contributed by atoms with E-state index < -0.39 is 0 Å². The fourth-order valence-corrected chi connectivity index (χ4v) is 5.79. The molecule has 0 aromatic heterocycles. The second-order valence-electron chi connectivity index (χ2n) is 8.57. The van der Waals surface area contributed by atoms with Gasteiger partial charge in [-0.15, -0.1) is 0 Å². The monoisotopic (exact) mass is 340 g/mol. The molecule has 134 valence electrons. The molecule has 4 nitrogen and oxygen atoms in total. The first-order valence-electron chi connectivity index (χ1n) is 9.68. The van der Waals surface area contributed by atoms with Gasteiger partial charge in [0.2, 0.25) is 11.8 Å². The van der Waals surface area contributed by atoms with Crippen LogP contribution in [0.2, 0.25) is 0 Å². The summed E-state index contributed by atoms with van der Waals surface area (Å²) in [5.74, 6) is 2.46. The molecule has 5 rings (SSSR count). The molecule has 0 aliphatic heterocycles. The van der Waals surface area contributed by atoms with Gasteiger partial charge in [-0.25, -0.2) is 0 Å². The Morgan fingerprint density at radius 3 is 2.24 bits per heavy atom. The zero-order chi connectivity index (χ0) is 17.4. The van der Waals surface area contributed by atoms with Crippen molar-refractivity contribution in [2.24, 2.45) is 23.2 Å². The smallest absolute Gasteiger partial charge is 0.226 e. The number of benzene rings is 1. The number of carbonyl (C=O) groups is 2. The first-order chi connectivity index (χ1) is 12.0. The molecule has 0 saturated heterocycles. The molecule has 1 aromatic carbocycles. The van der Waals surface area contributed by atoms with Crippen molar-refractivity contribution in [3.05, 3.63) is 29.8 Å². The van der Waals surface area contributed by atoms with E-state index in [9.17, 15) is 9.59 Å². The van der Waals surface area contributed by atoms with Crippen molar-refractivity contribution in [1.82, 2.24) is 5.32 Å². The van der Waals surface area contributed by atoms with Crippen molar-refractivity contribution in [2.75, 3.05) is 11.9 Å². The highest BCUT2D eigenvalue weighted by molar-refractivity contribution is 5.92. The fourth-order valence-electron chi connectivity index (χ4n) is 5.79. The highest BCUT2D eigenvalue weighted by Gasteiger charge is 2.54. The van der Waals surface area contributed by atoms with Crippen LogP contribution in [-0.4, -0.2) is 18.4 Å². The van der Waals surface area contributed by atoms with Crippen molar-refractivity contribution in [3.8, 4) is 0 Å². The predicted octanol–water partition coefficient (Wildman–Crippen LogP) is 3.66. The molecule has 2 N–H and O–H groups in total. The molecular weight excluding hydrogens is 312 g/mol. The number of amides is 2. The van der Waals surface area contributed by atoms with E-state index in [2.05, 4.69) is 10.6 Å². The van der Waals surface area contributed by atoms with E-state index in [0.29, 0.717) is 13.0 Å². The summed E-state index contributed by atoms with van der Waals surface area (Å²) in [5, 5.41) is 6.00. The van der Waals surface area contributed by atoms with Gasteiger partial charge in [-0.1, -0.05) is 18.2 Å². The van der Waals surface area contributed by atoms with Crippen LogP contribution in [0.25, 0.3) is 0 Å². The van der Waals surface area contributed by atoms with Gasteiger partial charge >= 0.3 is 0 Å². The number of aryl methyl sites for hydroxylation is 1. The lowest BCUT2D eigenvalue weighted by Crippen LogP contribution is -2.53. The van der Waals surface area contributed by atoms with Gasteiger partial charge in [0, 0.05) is 24.1 Å². The summed E-state index contributed by atoms with van der Waals surface area (Å²) in [6, 6.07) is 7.75. The van der Waals surface area contributed by atoms with Crippen LogP contribution in [0.4, 0.5) is 5.69 Å². The number of carbonyl (C=O) groups excluding carboxylic acids is 2. The molecule has 4 saturated carbocycles. The maximum absolute atomic E-state index is 12.8. The highest BCUT2D eigenvalue weighted by Crippen LogP contribution is 2.60. The second kappa shape index (κ2) is 6.47. The van der Waals surface area contributed by atoms with Crippen molar-refractivity contribution in [2.45, 2.75) is 51.9 Å².